The Morgan fingerprint density at radius 1 is 1.35 bits per heavy atom. The molecule has 5 nitrogen and oxygen atoms in total. The van der Waals surface area contributed by atoms with Crippen molar-refractivity contribution in [3.63, 3.8) is 0 Å². The van der Waals surface area contributed by atoms with Gasteiger partial charge in [0.2, 0.25) is 5.76 Å². The summed E-state index contributed by atoms with van der Waals surface area (Å²) in [5, 5.41) is 13.7. The lowest BCUT2D eigenvalue weighted by molar-refractivity contribution is 0.0652. The summed E-state index contributed by atoms with van der Waals surface area (Å²) in [4.78, 5) is 15.4. The van der Waals surface area contributed by atoms with Crippen molar-refractivity contribution in [3.8, 4) is 11.3 Å². The van der Waals surface area contributed by atoms with Gasteiger partial charge in [0.15, 0.2) is 0 Å². The minimum Gasteiger partial charge on any atom is -0.475 e. The summed E-state index contributed by atoms with van der Waals surface area (Å²) < 4.78 is 5.84. The van der Waals surface area contributed by atoms with Crippen LogP contribution in [0.5, 0.6) is 0 Å². The third-order valence-corrected chi connectivity index (χ3v) is 4.23. The first kappa shape index (κ1) is 12.8. The van der Waals surface area contributed by atoms with Crippen molar-refractivity contribution in [1.82, 2.24) is 10.1 Å². The molecule has 0 aliphatic rings. The van der Waals surface area contributed by atoms with Crippen LogP contribution >= 0.6 is 11.3 Å². The molecule has 6 heteroatoms. The molecule has 0 atom stereocenters. The Morgan fingerprint density at radius 3 is 2.80 bits per heavy atom. The van der Waals surface area contributed by atoms with Gasteiger partial charge >= 0.3 is 5.97 Å². The Morgan fingerprint density at radius 2 is 2.15 bits per heavy atom. The molecule has 2 aromatic heterocycles. The summed E-state index contributed by atoms with van der Waals surface area (Å²) >= 11 is 1.64. The number of benzene rings is 1. The number of carboxylic acids is 1. The number of hydrogen-bond donors (Lipinski definition) is 1. The minimum atomic E-state index is -1.12. The summed E-state index contributed by atoms with van der Waals surface area (Å²) in [6.45, 7) is 4.21. The molecule has 0 spiro atoms. The average Bonchev–Trinajstić information content (AvgIpc) is 3.04. The molecule has 0 aliphatic heterocycles. The summed E-state index contributed by atoms with van der Waals surface area (Å²) in [6, 6.07) is 7.17. The number of fused-ring (bicyclic) bond motifs is 1. The van der Waals surface area contributed by atoms with Crippen LogP contribution < -0.4 is 0 Å². The summed E-state index contributed by atoms with van der Waals surface area (Å²) in [7, 11) is 0. The predicted octanol–water partition coefficient (Wildman–Crippen LogP) is 3.77. The molecule has 20 heavy (non-hydrogen) atoms. The molecule has 1 N–H and O–H groups in total. The van der Waals surface area contributed by atoms with Crippen LogP contribution in [0.15, 0.2) is 28.8 Å². The lowest BCUT2D eigenvalue weighted by Crippen LogP contribution is -1.91. The topological polar surface area (TPSA) is 76.2 Å². The normalized spacial score (nSPS) is 11.3. The standard InChI is InChI=1S/C14H12N2O3S/c1-7(2)13-15-9-4-3-8(5-12(9)20-13)10-6-11(14(17)18)19-16-10/h3-7H,1-2H3,(H,17,18). The molecule has 0 bridgehead atoms. The van der Waals surface area contributed by atoms with Crippen molar-refractivity contribution >= 4 is 27.5 Å². The van der Waals surface area contributed by atoms with Gasteiger partial charge in [-0.25, -0.2) is 9.78 Å². The number of carboxylic acid groups (broad SMARTS) is 1. The van der Waals surface area contributed by atoms with E-state index in [0.29, 0.717) is 11.6 Å². The maximum absolute atomic E-state index is 10.8. The number of hydrogen-bond acceptors (Lipinski definition) is 5. The maximum Gasteiger partial charge on any atom is 0.374 e. The highest BCUT2D eigenvalue weighted by atomic mass is 32.1. The zero-order valence-electron chi connectivity index (χ0n) is 11.0. The molecule has 0 saturated carbocycles. The number of aromatic nitrogens is 2. The van der Waals surface area contributed by atoms with E-state index in [2.05, 4.69) is 24.0 Å². The first-order valence-electron chi connectivity index (χ1n) is 6.15. The highest BCUT2D eigenvalue weighted by Crippen LogP contribution is 2.30. The van der Waals surface area contributed by atoms with E-state index in [4.69, 9.17) is 9.63 Å². The summed E-state index contributed by atoms with van der Waals surface area (Å²) in [6.07, 6.45) is 0. The summed E-state index contributed by atoms with van der Waals surface area (Å²) in [5.41, 5.74) is 2.29. The highest BCUT2D eigenvalue weighted by molar-refractivity contribution is 7.18. The molecule has 0 unspecified atom stereocenters. The molecule has 1 aromatic carbocycles. The molecule has 3 aromatic rings. The molecule has 0 fully saturated rings. The van der Waals surface area contributed by atoms with Gasteiger partial charge < -0.3 is 9.63 Å². The second kappa shape index (κ2) is 4.72. The van der Waals surface area contributed by atoms with E-state index in [1.807, 2.05) is 18.2 Å². The van der Waals surface area contributed by atoms with Crippen LogP contribution in [0.2, 0.25) is 0 Å². The van der Waals surface area contributed by atoms with Crippen molar-refractivity contribution in [2.75, 3.05) is 0 Å². The second-order valence-corrected chi connectivity index (χ2v) is 5.83. The van der Waals surface area contributed by atoms with E-state index in [9.17, 15) is 4.79 Å². The predicted molar refractivity (Wildman–Crippen MR) is 76.2 cm³/mol. The molecule has 0 radical (unpaired) electrons. The number of carbonyl (C=O) groups is 1. The fourth-order valence-corrected chi connectivity index (χ4v) is 2.87. The molecule has 3 rings (SSSR count). The van der Waals surface area contributed by atoms with E-state index >= 15 is 0 Å². The van der Waals surface area contributed by atoms with Crippen molar-refractivity contribution in [2.24, 2.45) is 0 Å². The van der Waals surface area contributed by atoms with Crippen LogP contribution in [0.1, 0.15) is 35.3 Å². The third kappa shape index (κ3) is 2.18. The van der Waals surface area contributed by atoms with Crippen molar-refractivity contribution in [3.05, 3.63) is 35.0 Å². The van der Waals surface area contributed by atoms with E-state index in [-0.39, 0.29) is 5.76 Å². The molecule has 102 valence electrons. The van der Waals surface area contributed by atoms with Gasteiger partial charge in [-0.05, 0) is 12.1 Å². The number of aromatic carboxylic acids is 1. The Labute approximate surface area is 118 Å². The fourth-order valence-electron chi connectivity index (χ4n) is 1.86. The van der Waals surface area contributed by atoms with Crippen LogP contribution in [0.25, 0.3) is 21.5 Å². The Bertz CT molecular complexity index is 789. The number of thiazole rings is 1. The Kier molecular flexibility index (Phi) is 3.02. The molecule has 0 amide bonds. The van der Waals surface area contributed by atoms with Gasteiger partial charge in [0, 0.05) is 17.5 Å². The van der Waals surface area contributed by atoms with E-state index in [0.717, 1.165) is 20.8 Å². The van der Waals surface area contributed by atoms with Gasteiger partial charge in [-0.3, -0.25) is 0 Å². The number of nitrogens with zero attached hydrogens (tertiary/aromatic N) is 2. The van der Waals surface area contributed by atoms with Gasteiger partial charge in [-0.15, -0.1) is 11.3 Å². The molecular weight excluding hydrogens is 276 g/mol. The SMILES string of the molecule is CC(C)c1nc2ccc(-c3cc(C(=O)O)on3)cc2s1. The lowest BCUT2D eigenvalue weighted by atomic mass is 10.1. The van der Waals surface area contributed by atoms with Crippen molar-refractivity contribution < 1.29 is 14.4 Å². The van der Waals surface area contributed by atoms with Gasteiger partial charge in [0.1, 0.15) is 5.69 Å². The van der Waals surface area contributed by atoms with Gasteiger partial charge in [0.05, 0.1) is 15.2 Å². The monoisotopic (exact) mass is 288 g/mol. The van der Waals surface area contributed by atoms with Crippen molar-refractivity contribution in [1.29, 1.82) is 0 Å². The van der Waals surface area contributed by atoms with Crippen LogP contribution in [-0.2, 0) is 0 Å². The molecular formula is C14H12N2O3S. The minimum absolute atomic E-state index is 0.160. The Hall–Kier alpha value is -2.21. The quantitative estimate of drug-likeness (QED) is 0.793. The average molecular weight is 288 g/mol. The van der Waals surface area contributed by atoms with Crippen LogP contribution in [-0.4, -0.2) is 21.2 Å². The molecule has 0 aliphatic carbocycles. The zero-order valence-corrected chi connectivity index (χ0v) is 11.8. The van der Waals surface area contributed by atoms with Gasteiger partial charge in [0.25, 0.3) is 0 Å². The largest absolute Gasteiger partial charge is 0.475 e. The van der Waals surface area contributed by atoms with E-state index < -0.39 is 5.97 Å². The molecule has 0 saturated heterocycles. The first-order chi connectivity index (χ1) is 9.54. The Balaban J connectivity index is 2.05. The fraction of sp³-hybridized carbons (Fsp3) is 0.214. The smallest absolute Gasteiger partial charge is 0.374 e. The highest BCUT2D eigenvalue weighted by Gasteiger charge is 2.14. The van der Waals surface area contributed by atoms with Crippen molar-refractivity contribution in [2.45, 2.75) is 19.8 Å². The third-order valence-electron chi connectivity index (χ3n) is 2.92. The van der Waals surface area contributed by atoms with Crippen LogP contribution in [0, 0.1) is 0 Å². The maximum atomic E-state index is 10.8. The van der Waals surface area contributed by atoms with Gasteiger partial charge in [-0.1, -0.05) is 25.1 Å². The number of rotatable bonds is 3. The van der Waals surface area contributed by atoms with Gasteiger partial charge in [-0.2, -0.15) is 0 Å². The zero-order chi connectivity index (χ0) is 14.3. The first-order valence-corrected chi connectivity index (χ1v) is 6.97. The molecule has 2 heterocycles. The lowest BCUT2D eigenvalue weighted by Gasteiger charge is -1.94. The second-order valence-electron chi connectivity index (χ2n) is 4.77. The summed E-state index contributed by atoms with van der Waals surface area (Å²) in [5.74, 6) is -0.890. The van der Waals surface area contributed by atoms with E-state index in [1.54, 1.807) is 11.3 Å². The van der Waals surface area contributed by atoms with Crippen LogP contribution in [0.4, 0.5) is 0 Å². The van der Waals surface area contributed by atoms with Crippen LogP contribution in [0.3, 0.4) is 0 Å². The van der Waals surface area contributed by atoms with E-state index in [1.165, 1.54) is 6.07 Å².